The number of para-hydroxylation sites is 1. The number of ether oxygens (including phenoxy) is 1. The largest absolute Gasteiger partial charge is 0.456 e. The van der Waals surface area contributed by atoms with Crippen LogP contribution in [0, 0.1) is 0 Å². The topological polar surface area (TPSA) is 37.9 Å². The monoisotopic (exact) mass is 368 g/mol. The van der Waals surface area contributed by atoms with Crippen molar-refractivity contribution < 1.29 is 4.74 Å². The van der Waals surface area contributed by atoms with Gasteiger partial charge in [0, 0.05) is 28.0 Å². The number of nitrogens with zero attached hydrogens (tertiary/aromatic N) is 1. The Hall–Kier alpha value is -2.49. The van der Waals surface area contributed by atoms with Crippen LogP contribution in [-0.4, -0.2) is 9.97 Å². The summed E-state index contributed by atoms with van der Waals surface area (Å²) in [7, 11) is 0. The minimum absolute atomic E-state index is 0.632. The lowest BCUT2D eigenvalue weighted by Crippen LogP contribution is -1.90. The lowest BCUT2D eigenvalue weighted by Gasteiger charge is -2.06. The summed E-state index contributed by atoms with van der Waals surface area (Å²) in [5.41, 5.74) is 2.94. The molecule has 124 valence electrons. The number of nitrogens with one attached hydrogen (secondary N) is 1. The Labute approximate surface area is 155 Å². The van der Waals surface area contributed by atoms with Crippen LogP contribution in [0.4, 0.5) is 0 Å². The van der Waals surface area contributed by atoms with Gasteiger partial charge in [0.25, 0.3) is 0 Å². The first-order valence-electron chi connectivity index (χ1n) is 7.82. The van der Waals surface area contributed by atoms with Gasteiger partial charge in [0.2, 0.25) is 0 Å². The highest BCUT2D eigenvalue weighted by Gasteiger charge is 2.10. The van der Waals surface area contributed by atoms with Crippen molar-refractivity contribution in [3.05, 3.63) is 88.2 Å². The molecule has 0 spiro atoms. The van der Waals surface area contributed by atoms with Crippen molar-refractivity contribution in [1.82, 2.24) is 9.97 Å². The molecule has 0 saturated carbocycles. The molecule has 0 saturated heterocycles. The van der Waals surface area contributed by atoms with Gasteiger partial charge in [0.15, 0.2) is 0 Å². The molecule has 0 aliphatic rings. The van der Waals surface area contributed by atoms with E-state index in [0.29, 0.717) is 22.2 Å². The minimum atomic E-state index is 0.632. The Morgan fingerprint density at radius 2 is 1.76 bits per heavy atom. The summed E-state index contributed by atoms with van der Waals surface area (Å²) in [5, 5.41) is 2.30. The van der Waals surface area contributed by atoms with E-state index in [-0.39, 0.29) is 0 Å². The minimum Gasteiger partial charge on any atom is -0.456 e. The maximum atomic E-state index is 6.30. The van der Waals surface area contributed by atoms with E-state index < -0.39 is 0 Å². The number of halogens is 2. The Kier molecular flexibility index (Phi) is 4.35. The zero-order valence-corrected chi connectivity index (χ0v) is 14.7. The fraction of sp³-hybridized carbons (Fsp3) is 0.0500. The summed E-state index contributed by atoms with van der Waals surface area (Å²) in [6.07, 6.45) is 4.35. The highest BCUT2D eigenvalue weighted by molar-refractivity contribution is 6.35. The molecular weight excluding hydrogens is 355 g/mol. The van der Waals surface area contributed by atoms with Crippen LogP contribution in [0.15, 0.2) is 67.0 Å². The molecule has 0 aliphatic heterocycles. The number of fused-ring (bicyclic) bond motifs is 1. The summed E-state index contributed by atoms with van der Waals surface area (Å²) >= 11 is 12.3. The maximum Gasteiger partial charge on any atom is 0.146 e. The SMILES string of the molecule is Clc1ccc(Cc2c[nH]c3ncc(Oc4ccccc4)cc23)c(Cl)c1. The quantitative estimate of drug-likeness (QED) is 0.462. The molecule has 0 radical (unpaired) electrons. The second-order valence-electron chi connectivity index (χ2n) is 5.71. The van der Waals surface area contributed by atoms with Gasteiger partial charge in [-0.25, -0.2) is 4.98 Å². The van der Waals surface area contributed by atoms with E-state index in [0.717, 1.165) is 27.9 Å². The third kappa shape index (κ3) is 3.48. The molecule has 0 aliphatic carbocycles. The summed E-state index contributed by atoms with van der Waals surface area (Å²) in [5.74, 6) is 1.48. The normalized spacial score (nSPS) is 11.0. The van der Waals surface area contributed by atoms with Gasteiger partial charge in [0.05, 0.1) is 6.20 Å². The van der Waals surface area contributed by atoms with E-state index in [2.05, 4.69) is 9.97 Å². The first kappa shape index (κ1) is 16.0. The van der Waals surface area contributed by atoms with Crippen molar-refractivity contribution in [2.45, 2.75) is 6.42 Å². The lowest BCUT2D eigenvalue weighted by molar-refractivity contribution is 0.481. The van der Waals surface area contributed by atoms with E-state index in [4.69, 9.17) is 27.9 Å². The van der Waals surface area contributed by atoms with E-state index in [1.165, 1.54) is 0 Å². The fourth-order valence-electron chi connectivity index (χ4n) is 2.74. The first-order chi connectivity index (χ1) is 12.2. The van der Waals surface area contributed by atoms with Crippen LogP contribution in [0.2, 0.25) is 10.0 Å². The van der Waals surface area contributed by atoms with Gasteiger partial charge >= 0.3 is 0 Å². The number of pyridine rings is 1. The standard InChI is InChI=1S/C20H14Cl2N2O/c21-15-7-6-13(19(22)9-15)8-14-11-23-20-18(14)10-17(12-24-20)25-16-4-2-1-3-5-16/h1-7,9-12H,8H2,(H,23,24). The average Bonchev–Trinajstić information content (AvgIpc) is 3.01. The van der Waals surface area contributed by atoms with Gasteiger partial charge < -0.3 is 9.72 Å². The molecular formula is C20H14Cl2N2O. The molecule has 25 heavy (non-hydrogen) atoms. The zero-order valence-electron chi connectivity index (χ0n) is 13.2. The average molecular weight is 369 g/mol. The van der Waals surface area contributed by atoms with Crippen molar-refractivity contribution in [2.75, 3.05) is 0 Å². The number of aromatic nitrogens is 2. The summed E-state index contributed by atoms with van der Waals surface area (Å²) in [6, 6.07) is 17.2. The van der Waals surface area contributed by atoms with Crippen LogP contribution in [0.5, 0.6) is 11.5 Å². The molecule has 3 nitrogen and oxygen atoms in total. The predicted molar refractivity (Wildman–Crippen MR) is 102 cm³/mol. The molecule has 4 aromatic rings. The number of hydrogen-bond acceptors (Lipinski definition) is 2. The van der Waals surface area contributed by atoms with Gasteiger partial charge in [-0.15, -0.1) is 0 Å². The lowest BCUT2D eigenvalue weighted by atomic mass is 10.1. The predicted octanol–water partition coefficient (Wildman–Crippen LogP) is 6.25. The van der Waals surface area contributed by atoms with Gasteiger partial charge in [-0.2, -0.15) is 0 Å². The van der Waals surface area contributed by atoms with Crippen LogP contribution < -0.4 is 4.74 Å². The number of rotatable bonds is 4. The molecule has 2 aromatic carbocycles. The Bertz CT molecular complexity index is 1030. The van der Waals surface area contributed by atoms with Crippen molar-refractivity contribution in [3.8, 4) is 11.5 Å². The Morgan fingerprint density at radius 1 is 0.920 bits per heavy atom. The van der Waals surface area contributed by atoms with Crippen molar-refractivity contribution in [3.63, 3.8) is 0 Å². The number of aromatic amines is 1. The summed E-state index contributed by atoms with van der Waals surface area (Å²) in [4.78, 5) is 7.64. The van der Waals surface area contributed by atoms with Crippen LogP contribution >= 0.6 is 23.2 Å². The van der Waals surface area contributed by atoms with E-state index in [1.54, 1.807) is 12.3 Å². The third-order valence-electron chi connectivity index (χ3n) is 3.97. The number of H-pyrrole nitrogens is 1. The first-order valence-corrected chi connectivity index (χ1v) is 8.57. The molecule has 2 aromatic heterocycles. The maximum absolute atomic E-state index is 6.30. The smallest absolute Gasteiger partial charge is 0.146 e. The Balaban J connectivity index is 1.66. The van der Waals surface area contributed by atoms with Crippen LogP contribution in [-0.2, 0) is 6.42 Å². The van der Waals surface area contributed by atoms with E-state index >= 15 is 0 Å². The molecule has 0 amide bonds. The Morgan fingerprint density at radius 3 is 2.56 bits per heavy atom. The molecule has 4 rings (SSSR count). The van der Waals surface area contributed by atoms with Gasteiger partial charge in [-0.1, -0.05) is 47.5 Å². The number of hydrogen-bond donors (Lipinski definition) is 1. The van der Waals surface area contributed by atoms with Crippen molar-refractivity contribution in [2.24, 2.45) is 0 Å². The third-order valence-corrected chi connectivity index (χ3v) is 4.55. The summed E-state index contributed by atoms with van der Waals surface area (Å²) in [6.45, 7) is 0. The number of benzene rings is 2. The molecule has 1 N–H and O–H groups in total. The second kappa shape index (κ2) is 6.79. The summed E-state index contributed by atoms with van der Waals surface area (Å²) < 4.78 is 5.88. The van der Waals surface area contributed by atoms with Crippen LogP contribution in [0.25, 0.3) is 11.0 Å². The van der Waals surface area contributed by atoms with Crippen LogP contribution in [0.1, 0.15) is 11.1 Å². The highest BCUT2D eigenvalue weighted by atomic mass is 35.5. The van der Waals surface area contributed by atoms with Gasteiger partial charge in [0.1, 0.15) is 17.1 Å². The molecule has 0 unspecified atom stereocenters. The van der Waals surface area contributed by atoms with E-state index in [9.17, 15) is 0 Å². The molecule has 0 fully saturated rings. The second-order valence-corrected chi connectivity index (χ2v) is 6.55. The molecule has 2 heterocycles. The van der Waals surface area contributed by atoms with Crippen LogP contribution in [0.3, 0.4) is 0 Å². The molecule has 0 atom stereocenters. The highest BCUT2D eigenvalue weighted by Crippen LogP contribution is 2.29. The van der Waals surface area contributed by atoms with Crippen molar-refractivity contribution >= 4 is 34.2 Å². The molecule has 0 bridgehead atoms. The van der Waals surface area contributed by atoms with Gasteiger partial charge in [-0.05, 0) is 41.5 Å². The van der Waals surface area contributed by atoms with Crippen molar-refractivity contribution in [1.29, 1.82) is 0 Å². The van der Waals surface area contributed by atoms with Gasteiger partial charge in [-0.3, -0.25) is 0 Å². The molecule has 5 heteroatoms. The van der Waals surface area contributed by atoms with E-state index in [1.807, 2.05) is 54.7 Å². The fourth-order valence-corrected chi connectivity index (χ4v) is 3.21. The zero-order chi connectivity index (χ0) is 17.2.